The molecule has 21 heavy (non-hydrogen) atoms. The summed E-state index contributed by atoms with van der Waals surface area (Å²) in [7, 11) is -3.91. The van der Waals surface area contributed by atoms with E-state index in [-0.39, 0.29) is 23.2 Å². The largest absolute Gasteiger partial charge is 0.482 e. The first kappa shape index (κ1) is 16.3. The first-order valence-corrected chi connectivity index (χ1v) is 8.95. The second kappa shape index (κ2) is 6.76. The SMILES string of the molecule is NS(=O)(=O)c1cc(Br)ccc1OCC(=O)N1CCCCC1. The molecule has 0 aromatic heterocycles. The lowest BCUT2D eigenvalue weighted by atomic mass is 10.1. The molecular weight excluding hydrogens is 360 g/mol. The minimum absolute atomic E-state index is 0.0889. The summed E-state index contributed by atoms with van der Waals surface area (Å²) in [5, 5.41) is 5.15. The van der Waals surface area contributed by atoms with Crippen molar-refractivity contribution in [2.75, 3.05) is 19.7 Å². The maximum absolute atomic E-state index is 12.0. The second-order valence-corrected chi connectivity index (χ2v) is 7.31. The van der Waals surface area contributed by atoms with Gasteiger partial charge in [0, 0.05) is 17.6 Å². The Labute approximate surface area is 132 Å². The third-order valence-corrected chi connectivity index (χ3v) is 4.70. The van der Waals surface area contributed by atoms with E-state index in [4.69, 9.17) is 9.88 Å². The lowest BCUT2D eigenvalue weighted by Crippen LogP contribution is -2.38. The molecule has 1 aliphatic heterocycles. The molecule has 1 aromatic rings. The first-order valence-electron chi connectivity index (χ1n) is 6.61. The van der Waals surface area contributed by atoms with Crippen LogP contribution in [0.1, 0.15) is 19.3 Å². The van der Waals surface area contributed by atoms with Gasteiger partial charge in [-0.1, -0.05) is 15.9 Å². The lowest BCUT2D eigenvalue weighted by molar-refractivity contribution is -0.134. The smallest absolute Gasteiger partial charge is 0.260 e. The summed E-state index contributed by atoms with van der Waals surface area (Å²) in [6, 6.07) is 4.47. The van der Waals surface area contributed by atoms with Crippen molar-refractivity contribution >= 4 is 31.9 Å². The van der Waals surface area contributed by atoms with Crippen molar-refractivity contribution in [2.45, 2.75) is 24.2 Å². The van der Waals surface area contributed by atoms with Gasteiger partial charge in [-0.2, -0.15) is 0 Å². The zero-order valence-corrected chi connectivity index (χ0v) is 13.8. The molecule has 1 fully saturated rings. The van der Waals surface area contributed by atoms with Gasteiger partial charge in [-0.05, 0) is 37.5 Å². The number of carbonyl (C=O) groups is 1. The van der Waals surface area contributed by atoms with E-state index in [1.807, 2.05) is 0 Å². The Morgan fingerprint density at radius 1 is 1.29 bits per heavy atom. The van der Waals surface area contributed by atoms with Crippen LogP contribution in [0.25, 0.3) is 0 Å². The highest BCUT2D eigenvalue weighted by molar-refractivity contribution is 9.10. The molecule has 2 N–H and O–H groups in total. The minimum Gasteiger partial charge on any atom is -0.482 e. The van der Waals surface area contributed by atoms with Gasteiger partial charge in [0.25, 0.3) is 5.91 Å². The van der Waals surface area contributed by atoms with E-state index in [2.05, 4.69) is 15.9 Å². The maximum Gasteiger partial charge on any atom is 0.260 e. The molecule has 0 bridgehead atoms. The number of benzene rings is 1. The fraction of sp³-hybridized carbons (Fsp3) is 0.462. The highest BCUT2D eigenvalue weighted by Gasteiger charge is 2.20. The third kappa shape index (κ3) is 4.42. The van der Waals surface area contributed by atoms with Gasteiger partial charge in [-0.15, -0.1) is 0 Å². The molecule has 1 aliphatic rings. The normalized spacial score (nSPS) is 15.8. The van der Waals surface area contributed by atoms with Crippen LogP contribution in [-0.4, -0.2) is 38.9 Å². The van der Waals surface area contributed by atoms with Crippen LogP contribution in [-0.2, 0) is 14.8 Å². The number of nitrogens with zero attached hydrogens (tertiary/aromatic N) is 1. The summed E-state index contributed by atoms with van der Waals surface area (Å²) in [5.41, 5.74) is 0. The summed E-state index contributed by atoms with van der Waals surface area (Å²) in [6.07, 6.45) is 3.12. The summed E-state index contributed by atoms with van der Waals surface area (Å²) in [6.45, 7) is 1.26. The van der Waals surface area contributed by atoms with Crippen LogP contribution >= 0.6 is 15.9 Å². The van der Waals surface area contributed by atoms with Gasteiger partial charge < -0.3 is 9.64 Å². The van der Waals surface area contributed by atoms with Gasteiger partial charge in [0.1, 0.15) is 10.6 Å². The molecule has 0 aliphatic carbocycles. The number of hydrogen-bond acceptors (Lipinski definition) is 4. The molecular formula is C13H17BrN2O4S. The zero-order chi connectivity index (χ0) is 15.5. The predicted molar refractivity (Wildman–Crippen MR) is 81.4 cm³/mol. The number of halogens is 1. The Morgan fingerprint density at radius 3 is 2.57 bits per heavy atom. The molecule has 1 heterocycles. The average Bonchev–Trinajstić information content (AvgIpc) is 2.45. The Hall–Kier alpha value is -1.12. The zero-order valence-electron chi connectivity index (χ0n) is 11.4. The molecule has 2 rings (SSSR count). The summed E-state index contributed by atoms with van der Waals surface area (Å²) < 4.78 is 29.0. The molecule has 0 unspecified atom stereocenters. The number of carbonyl (C=O) groups excluding carboxylic acids is 1. The van der Waals surface area contributed by atoms with Crippen LogP contribution in [0.4, 0.5) is 0 Å². The van der Waals surface area contributed by atoms with Crippen LogP contribution < -0.4 is 9.88 Å². The van der Waals surface area contributed by atoms with E-state index in [0.29, 0.717) is 4.47 Å². The molecule has 1 amide bonds. The Bertz CT molecular complexity index is 627. The number of primary sulfonamides is 1. The van der Waals surface area contributed by atoms with Gasteiger partial charge in [0.05, 0.1) is 0 Å². The Balaban J connectivity index is 2.08. The van der Waals surface area contributed by atoms with Crippen molar-refractivity contribution < 1.29 is 17.9 Å². The molecule has 116 valence electrons. The fourth-order valence-electron chi connectivity index (χ4n) is 2.20. The van der Waals surface area contributed by atoms with Crippen molar-refractivity contribution in [2.24, 2.45) is 5.14 Å². The maximum atomic E-state index is 12.0. The molecule has 0 atom stereocenters. The quantitative estimate of drug-likeness (QED) is 0.861. The van der Waals surface area contributed by atoms with Crippen LogP contribution in [0.2, 0.25) is 0 Å². The van der Waals surface area contributed by atoms with Crippen molar-refractivity contribution in [1.82, 2.24) is 4.90 Å². The van der Waals surface area contributed by atoms with E-state index in [1.165, 1.54) is 12.1 Å². The van der Waals surface area contributed by atoms with E-state index >= 15 is 0 Å². The number of piperidine rings is 1. The third-order valence-electron chi connectivity index (χ3n) is 3.27. The van der Waals surface area contributed by atoms with E-state index in [9.17, 15) is 13.2 Å². The summed E-state index contributed by atoms with van der Waals surface area (Å²) >= 11 is 3.18. The van der Waals surface area contributed by atoms with Crippen LogP contribution in [0.15, 0.2) is 27.6 Å². The lowest BCUT2D eigenvalue weighted by Gasteiger charge is -2.26. The van der Waals surface area contributed by atoms with E-state index < -0.39 is 10.0 Å². The molecule has 8 heteroatoms. The highest BCUT2D eigenvalue weighted by Crippen LogP contribution is 2.26. The topological polar surface area (TPSA) is 89.7 Å². The second-order valence-electron chi connectivity index (χ2n) is 4.87. The first-order chi connectivity index (χ1) is 9.88. The Morgan fingerprint density at radius 2 is 1.95 bits per heavy atom. The number of likely N-dealkylation sites (tertiary alicyclic amines) is 1. The van der Waals surface area contributed by atoms with Crippen molar-refractivity contribution in [3.63, 3.8) is 0 Å². The average molecular weight is 377 g/mol. The van der Waals surface area contributed by atoms with E-state index in [0.717, 1.165) is 32.4 Å². The number of sulfonamides is 1. The predicted octanol–water partition coefficient (Wildman–Crippen LogP) is 1.49. The standard InChI is InChI=1S/C13H17BrN2O4S/c14-10-4-5-11(12(8-10)21(15,18)19)20-9-13(17)16-6-2-1-3-7-16/h4-5,8H,1-3,6-7,9H2,(H2,15,18,19). The van der Waals surface area contributed by atoms with Crippen molar-refractivity contribution in [1.29, 1.82) is 0 Å². The number of rotatable bonds is 4. The van der Waals surface area contributed by atoms with Crippen molar-refractivity contribution in [3.05, 3.63) is 22.7 Å². The van der Waals surface area contributed by atoms with E-state index in [1.54, 1.807) is 11.0 Å². The molecule has 0 radical (unpaired) electrons. The number of ether oxygens (including phenoxy) is 1. The van der Waals surface area contributed by atoms with Gasteiger partial charge in [-0.3, -0.25) is 4.79 Å². The molecule has 6 nitrogen and oxygen atoms in total. The molecule has 1 saturated heterocycles. The molecule has 1 aromatic carbocycles. The fourth-order valence-corrected chi connectivity index (χ4v) is 3.41. The molecule has 0 saturated carbocycles. The number of amides is 1. The van der Waals surface area contributed by atoms with Crippen LogP contribution in [0.5, 0.6) is 5.75 Å². The monoisotopic (exact) mass is 376 g/mol. The van der Waals surface area contributed by atoms with Crippen molar-refractivity contribution in [3.8, 4) is 5.75 Å². The highest BCUT2D eigenvalue weighted by atomic mass is 79.9. The molecule has 0 spiro atoms. The van der Waals surface area contributed by atoms with Crippen LogP contribution in [0, 0.1) is 0 Å². The minimum atomic E-state index is -3.91. The number of hydrogen-bond donors (Lipinski definition) is 1. The van der Waals surface area contributed by atoms with Gasteiger partial charge in [0.15, 0.2) is 6.61 Å². The summed E-state index contributed by atoms with van der Waals surface area (Å²) in [5.74, 6) is -0.0518. The van der Waals surface area contributed by atoms with Crippen LogP contribution in [0.3, 0.4) is 0 Å². The van der Waals surface area contributed by atoms with Gasteiger partial charge >= 0.3 is 0 Å². The Kier molecular flexibility index (Phi) is 5.23. The van der Waals surface area contributed by atoms with Gasteiger partial charge in [0.2, 0.25) is 10.0 Å². The summed E-state index contributed by atoms with van der Waals surface area (Å²) in [4.78, 5) is 13.6. The van der Waals surface area contributed by atoms with Gasteiger partial charge in [-0.25, -0.2) is 13.6 Å². The number of nitrogens with two attached hydrogens (primary N) is 1.